The summed E-state index contributed by atoms with van der Waals surface area (Å²) in [5.41, 5.74) is 1.35. The minimum absolute atomic E-state index is 0.177. The fourth-order valence-corrected chi connectivity index (χ4v) is 2.18. The first-order valence-corrected chi connectivity index (χ1v) is 7.74. The highest BCUT2D eigenvalue weighted by Gasteiger charge is 2.12. The molecule has 0 bridgehead atoms. The first-order chi connectivity index (χ1) is 11.6. The van der Waals surface area contributed by atoms with Crippen molar-refractivity contribution >= 4 is 23.4 Å². The predicted molar refractivity (Wildman–Crippen MR) is 91.1 cm³/mol. The molecule has 1 heterocycles. The van der Waals surface area contributed by atoms with E-state index in [9.17, 15) is 9.59 Å². The Bertz CT molecular complexity index is 722. The smallest absolute Gasteiger partial charge is 0.269 e. The Hall–Kier alpha value is -2.44. The highest BCUT2D eigenvalue weighted by molar-refractivity contribution is 6.31. The molecule has 6 nitrogen and oxygen atoms in total. The fourth-order valence-electron chi connectivity index (χ4n) is 1.97. The van der Waals surface area contributed by atoms with Crippen LogP contribution in [0.1, 0.15) is 26.4 Å². The number of hydrogen-bond donors (Lipinski definition) is 2. The van der Waals surface area contributed by atoms with Gasteiger partial charge in [-0.2, -0.15) is 0 Å². The van der Waals surface area contributed by atoms with Crippen LogP contribution < -0.4 is 10.6 Å². The highest BCUT2D eigenvalue weighted by Crippen LogP contribution is 2.14. The number of aromatic nitrogens is 1. The van der Waals surface area contributed by atoms with E-state index in [1.165, 1.54) is 12.3 Å². The normalized spacial score (nSPS) is 10.2. The Morgan fingerprint density at radius 1 is 1.17 bits per heavy atom. The number of methoxy groups -OCH3 is 1. The van der Waals surface area contributed by atoms with Crippen LogP contribution in [0.3, 0.4) is 0 Å². The minimum Gasteiger partial charge on any atom is -0.383 e. The lowest BCUT2D eigenvalue weighted by atomic mass is 10.2. The zero-order chi connectivity index (χ0) is 17.4. The van der Waals surface area contributed by atoms with Crippen LogP contribution in [0, 0.1) is 0 Å². The molecular formula is C17H18ClN3O3. The second kappa shape index (κ2) is 9.00. The number of benzene rings is 1. The molecule has 126 valence electrons. The molecule has 0 saturated heterocycles. The quantitative estimate of drug-likeness (QED) is 0.751. The van der Waals surface area contributed by atoms with Gasteiger partial charge in [-0.1, -0.05) is 29.8 Å². The average Bonchev–Trinajstić information content (AvgIpc) is 2.61. The summed E-state index contributed by atoms with van der Waals surface area (Å²) in [5, 5.41) is 6.02. The number of ether oxygens (including phenoxy) is 1. The van der Waals surface area contributed by atoms with Crippen LogP contribution in [-0.2, 0) is 11.3 Å². The molecule has 0 radical (unpaired) electrons. The Kier molecular flexibility index (Phi) is 6.72. The molecule has 0 atom stereocenters. The molecule has 0 aliphatic rings. The summed E-state index contributed by atoms with van der Waals surface area (Å²) in [6.45, 7) is 1.08. The van der Waals surface area contributed by atoms with E-state index in [1.807, 2.05) is 18.2 Å². The van der Waals surface area contributed by atoms with Gasteiger partial charge in [0.1, 0.15) is 5.69 Å². The molecule has 2 N–H and O–H groups in total. The number of rotatable bonds is 7. The van der Waals surface area contributed by atoms with Crippen LogP contribution in [0.4, 0.5) is 0 Å². The number of halogens is 1. The van der Waals surface area contributed by atoms with Gasteiger partial charge >= 0.3 is 0 Å². The molecule has 1 aromatic heterocycles. The van der Waals surface area contributed by atoms with E-state index in [4.69, 9.17) is 16.3 Å². The average molecular weight is 348 g/mol. The topological polar surface area (TPSA) is 80.3 Å². The molecule has 0 aliphatic heterocycles. The van der Waals surface area contributed by atoms with Crippen molar-refractivity contribution in [1.29, 1.82) is 0 Å². The van der Waals surface area contributed by atoms with E-state index in [2.05, 4.69) is 15.6 Å². The Morgan fingerprint density at radius 2 is 1.96 bits per heavy atom. The number of nitrogens with one attached hydrogen (secondary N) is 2. The van der Waals surface area contributed by atoms with E-state index in [1.54, 1.807) is 19.2 Å². The lowest BCUT2D eigenvalue weighted by Crippen LogP contribution is -2.28. The SMILES string of the molecule is COCCNC(=O)c1cc(C(=O)NCc2ccccc2Cl)ccn1. The van der Waals surface area contributed by atoms with Crippen LogP contribution >= 0.6 is 11.6 Å². The van der Waals surface area contributed by atoms with Gasteiger partial charge in [-0.3, -0.25) is 14.6 Å². The fraction of sp³-hybridized carbons (Fsp3) is 0.235. The van der Waals surface area contributed by atoms with E-state index in [0.717, 1.165) is 5.56 Å². The molecule has 2 rings (SSSR count). The Labute approximate surface area is 145 Å². The monoisotopic (exact) mass is 347 g/mol. The van der Waals surface area contributed by atoms with Crippen LogP contribution in [0.2, 0.25) is 5.02 Å². The zero-order valence-electron chi connectivity index (χ0n) is 13.2. The van der Waals surface area contributed by atoms with Gasteiger partial charge in [-0.15, -0.1) is 0 Å². The van der Waals surface area contributed by atoms with Crippen molar-refractivity contribution in [3.8, 4) is 0 Å². The molecule has 0 spiro atoms. The van der Waals surface area contributed by atoms with Crippen molar-refractivity contribution in [1.82, 2.24) is 15.6 Å². The van der Waals surface area contributed by atoms with Crippen molar-refractivity contribution in [3.05, 3.63) is 64.4 Å². The van der Waals surface area contributed by atoms with Crippen molar-refractivity contribution in [3.63, 3.8) is 0 Å². The summed E-state index contributed by atoms with van der Waals surface area (Å²) in [7, 11) is 1.55. The summed E-state index contributed by atoms with van der Waals surface area (Å²) in [6, 6.07) is 10.3. The standard InChI is InChI=1S/C17H18ClN3O3/c1-24-9-8-20-17(23)15-10-12(6-7-19-15)16(22)21-11-13-4-2-3-5-14(13)18/h2-7,10H,8-9,11H2,1H3,(H,20,23)(H,21,22). The van der Waals surface area contributed by atoms with E-state index < -0.39 is 0 Å². The number of pyridine rings is 1. The molecule has 0 saturated carbocycles. The third kappa shape index (κ3) is 5.04. The highest BCUT2D eigenvalue weighted by atomic mass is 35.5. The molecular weight excluding hydrogens is 330 g/mol. The van der Waals surface area contributed by atoms with Gasteiger partial charge in [0.25, 0.3) is 11.8 Å². The number of amides is 2. The summed E-state index contributed by atoms with van der Waals surface area (Å²) >= 11 is 6.06. The minimum atomic E-state index is -0.354. The van der Waals surface area contributed by atoms with Crippen LogP contribution in [0.5, 0.6) is 0 Å². The van der Waals surface area contributed by atoms with Gasteiger partial charge < -0.3 is 15.4 Å². The lowest BCUT2D eigenvalue weighted by Gasteiger charge is -2.08. The molecule has 2 amide bonds. The Balaban J connectivity index is 1.98. The number of hydrogen-bond acceptors (Lipinski definition) is 4. The van der Waals surface area contributed by atoms with Gasteiger partial charge in [-0.25, -0.2) is 0 Å². The first kappa shape index (κ1) is 17.9. The van der Waals surface area contributed by atoms with Crippen molar-refractivity contribution in [2.24, 2.45) is 0 Å². The molecule has 0 aliphatic carbocycles. The number of carbonyl (C=O) groups excluding carboxylic acids is 2. The third-order valence-electron chi connectivity index (χ3n) is 3.24. The van der Waals surface area contributed by atoms with E-state index in [0.29, 0.717) is 30.3 Å². The maximum Gasteiger partial charge on any atom is 0.269 e. The maximum absolute atomic E-state index is 12.2. The molecule has 7 heteroatoms. The summed E-state index contributed by atoms with van der Waals surface area (Å²) < 4.78 is 4.86. The van der Waals surface area contributed by atoms with Gasteiger partial charge in [0.05, 0.1) is 6.61 Å². The van der Waals surface area contributed by atoms with Crippen molar-refractivity contribution in [2.75, 3.05) is 20.3 Å². The van der Waals surface area contributed by atoms with Crippen LogP contribution in [0.25, 0.3) is 0 Å². The number of nitrogens with zero attached hydrogens (tertiary/aromatic N) is 1. The molecule has 0 fully saturated rings. The van der Waals surface area contributed by atoms with Gasteiger partial charge in [0.15, 0.2) is 0 Å². The predicted octanol–water partition coefficient (Wildman–Crippen LogP) is 2.04. The van der Waals surface area contributed by atoms with Crippen molar-refractivity contribution in [2.45, 2.75) is 6.54 Å². The second-order valence-electron chi connectivity index (χ2n) is 4.95. The summed E-state index contributed by atoms with van der Waals surface area (Å²) in [4.78, 5) is 28.1. The summed E-state index contributed by atoms with van der Waals surface area (Å²) in [5.74, 6) is -0.656. The third-order valence-corrected chi connectivity index (χ3v) is 3.61. The van der Waals surface area contributed by atoms with E-state index in [-0.39, 0.29) is 17.5 Å². The van der Waals surface area contributed by atoms with Gasteiger partial charge in [0, 0.05) is 37.0 Å². The van der Waals surface area contributed by atoms with Gasteiger partial charge in [0.2, 0.25) is 0 Å². The summed E-state index contributed by atoms with van der Waals surface area (Å²) in [6.07, 6.45) is 1.43. The van der Waals surface area contributed by atoms with Crippen LogP contribution in [-0.4, -0.2) is 37.1 Å². The van der Waals surface area contributed by atoms with Gasteiger partial charge in [-0.05, 0) is 23.8 Å². The number of carbonyl (C=O) groups is 2. The first-order valence-electron chi connectivity index (χ1n) is 7.36. The van der Waals surface area contributed by atoms with E-state index >= 15 is 0 Å². The lowest BCUT2D eigenvalue weighted by molar-refractivity contribution is 0.0932. The van der Waals surface area contributed by atoms with Crippen LogP contribution in [0.15, 0.2) is 42.6 Å². The second-order valence-corrected chi connectivity index (χ2v) is 5.36. The molecule has 1 aromatic carbocycles. The Morgan fingerprint density at radius 3 is 2.71 bits per heavy atom. The molecule has 24 heavy (non-hydrogen) atoms. The van der Waals surface area contributed by atoms with Crippen molar-refractivity contribution < 1.29 is 14.3 Å². The molecule has 2 aromatic rings. The largest absolute Gasteiger partial charge is 0.383 e. The maximum atomic E-state index is 12.2. The molecule has 0 unspecified atom stereocenters. The zero-order valence-corrected chi connectivity index (χ0v) is 14.0.